The minimum atomic E-state index is -0.302. The molecule has 1 unspecified atom stereocenters. The maximum Gasteiger partial charge on any atom is 0.277 e. The predicted octanol–water partition coefficient (Wildman–Crippen LogP) is 4.70. The smallest absolute Gasteiger partial charge is 0.277 e. The Labute approximate surface area is 174 Å². The van der Waals surface area contributed by atoms with Gasteiger partial charge in [0.1, 0.15) is 5.75 Å². The van der Waals surface area contributed by atoms with Gasteiger partial charge in [-0.05, 0) is 67.6 Å². The minimum Gasteiger partial charge on any atom is -0.484 e. The van der Waals surface area contributed by atoms with E-state index in [0.29, 0.717) is 11.7 Å². The quantitative estimate of drug-likeness (QED) is 0.537. The lowest BCUT2D eigenvalue weighted by molar-refractivity contribution is -0.123. The first kappa shape index (κ1) is 20.4. The van der Waals surface area contributed by atoms with Crippen molar-refractivity contribution in [3.8, 4) is 5.75 Å². The number of hydrogen-bond acceptors (Lipinski definition) is 4. The molecule has 1 atom stereocenters. The van der Waals surface area contributed by atoms with Gasteiger partial charge in [-0.3, -0.25) is 4.79 Å². The van der Waals surface area contributed by atoms with E-state index in [4.69, 9.17) is 4.74 Å². The number of nitrogens with one attached hydrogen (secondary N) is 1. The number of nitrogens with zero attached hydrogens (tertiary/aromatic N) is 2. The molecule has 0 fully saturated rings. The second-order valence-corrected chi connectivity index (χ2v) is 8.75. The van der Waals surface area contributed by atoms with Gasteiger partial charge in [-0.25, -0.2) is 5.43 Å². The Morgan fingerprint density at radius 3 is 2.89 bits per heavy atom. The number of ether oxygens (including phenoxy) is 1. The van der Waals surface area contributed by atoms with Crippen molar-refractivity contribution in [1.82, 2.24) is 5.43 Å². The van der Waals surface area contributed by atoms with Crippen LogP contribution in [0.4, 0.5) is 5.69 Å². The van der Waals surface area contributed by atoms with Crippen LogP contribution < -0.4 is 15.1 Å². The average Bonchev–Trinajstić information content (AvgIpc) is 2.64. The number of anilines is 1. The molecule has 2 aromatic carbocycles. The fourth-order valence-electron chi connectivity index (χ4n) is 3.59. The summed E-state index contributed by atoms with van der Waals surface area (Å²) in [5.74, 6) is 0.802. The molecule has 0 spiro atoms. The van der Waals surface area contributed by atoms with Gasteiger partial charge in [0, 0.05) is 22.7 Å². The van der Waals surface area contributed by atoms with E-state index >= 15 is 0 Å². The van der Waals surface area contributed by atoms with Gasteiger partial charge in [-0.2, -0.15) is 5.10 Å². The first-order valence-electron chi connectivity index (χ1n) is 9.34. The van der Waals surface area contributed by atoms with Crippen LogP contribution >= 0.6 is 15.9 Å². The monoisotopic (exact) mass is 443 g/mol. The number of rotatable bonds is 5. The average molecular weight is 444 g/mol. The van der Waals surface area contributed by atoms with E-state index in [2.05, 4.69) is 71.3 Å². The van der Waals surface area contributed by atoms with Crippen molar-refractivity contribution in [2.45, 2.75) is 38.6 Å². The number of carbonyl (C=O) groups is 1. The summed E-state index contributed by atoms with van der Waals surface area (Å²) in [6.45, 7) is 6.71. The van der Waals surface area contributed by atoms with Gasteiger partial charge >= 0.3 is 0 Å². The normalized spacial score (nSPS) is 18.0. The Hall–Kier alpha value is -2.34. The topological polar surface area (TPSA) is 53.9 Å². The summed E-state index contributed by atoms with van der Waals surface area (Å²) in [6, 6.07) is 13.7. The zero-order chi connectivity index (χ0) is 20.3. The Morgan fingerprint density at radius 2 is 2.14 bits per heavy atom. The van der Waals surface area contributed by atoms with E-state index in [0.717, 1.165) is 16.5 Å². The number of carbonyl (C=O) groups excluding carboxylic acids is 1. The summed E-state index contributed by atoms with van der Waals surface area (Å²) < 4.78 is 6.35. The number of benzene rings is 2. The summed E-state index contributed by atoms with van der Waals surface area (Å²) in [7, 11) is 2.14. The molecule has 0 bridgehead atoms. The largest absolute Gasteiger partial charge is 0.484 e. The molecule has 3 rings (SSSR count). The summed E-state index contributed by atoms with van der Waals surface area (Å²) in [4.78, 5) is 14.3. The van der Waals surface area contributed by atoms with Crippen LogP contribution in [-0.2, 0) is 4.79 Å². The van der Waals surface area contributed by atoms with Crippen molar-refractivity contribution in [3.05, 3.63) is 58.1 Å². The molecule has 2 aromatic rings. The van der Waals surface area contributed by atoms with Gasteiger partial charge in [0.25, 0.3) is 5.91 Å². The van der Waals surface area contributed by atoms with Gasteiger partial charge in [-0.1, -0.05) is 35.0 Å². The highest BCUT2D eigenvalue weighted by atomic mass is 79.9. The fraction of sp³-hybridized carbons (Fsp3) is 0.364. The molecule has 6 heteroatoms. The minimum absolute atomic E-state index is 0.0884. The molecule has 0 aromatic heterocycles. The van der Waals surface area contributed by atoms with Gasteiger partial charge in [0.15, 0.2) is 6.61 Å². The Balaban J connectivity index is 1.59. The Morgan fingerprint density at radius 1 is 1.36 bits per heavy atom. The summed E-state index contributed by atoms with van der Waals surface area (Å²) >= 11 is 3.37. The Bertz CT molecular complexity index is 895. The number of hydrazone groups is 1. The Kier molecular flexibility index (Phi) is 6.08. The molecule has 1 aliphatic heterocycles. The van der Waals surface area contributed by atoms with E-state index in [1.54, 1.807) is 12.3 Å². The highest BCUT2D eigenvalue weighted by Crippen LogP contribution is 2.42. The van der Waals surface area contributed by atoms with Crippen LogP contribution in [0.5, 0.6) is 5.75 Å². The van der Waals surface area contributed by atoms with Gasteiger partial charge in [-0.15, -0.1) is 0 Å². The molecule has 0 saturated carbocycles. The van der Waals surface area contributed by atoms with Gasteiger partial charge in [0.05, 0.1) is 6.21 Å². The third-order valence-corrected chi connectivity index (χ3v) is 5.72. The first-order chi connectivity index (χ1) is 13.3. The molecule has 0 aliphatic carbocycles. The second-order valence-electron chi connectivity index (χ2n) is 7.83. The molecule has 1 amide bonds. The SMILES string of the molecule is CC1CC(C)(C)N(C)c2ccc(/C=N/NC(=O)COc3cccc(Br)c3)cc21. The molecule has 0 saturated heterocycles. The van der Waals surface area contributed by atoms with Crippen molar-refractivity contribution < 1.29 is 9.53 Å². The summed E-state index contributed by atoms with van der Waals surface area (Å²) in [6.07, 6.45) is 2.77. The molecule has 1 heterocycles. The molecule has 28 heavy (non-hydrogen) atoms. The second kappa shape index (κ2) is 8.35. The lowest BCUT2D eigenvalue weighted by Gasteiger charge is -2.45. The van der Waals surface area contributed by atoms with Crippen LogP contribution in [0.15, 0.2) is 52.0 Å². The molecule has 148 valence electrons. The fourth-order valence-corrected chi connectivity index (χ4v) is 3.97. The van der Waals surface area contributed by atoms with Gasteiger partial charge < -0.3 is 9.64 Å². The zero-order valence-electron chi connectivity index (χ0n) is 16.7. The van der Waals surface area contributed by atoms with Crippen LogP contribution in [-0.4, -0.2) is 31.3 Å². The third-order valence-electron chi connectivity index (χ3n) is 5.23. The van der Waals surface area contributed by atoms with Crippen molar-refractivity contribution in [1.29, 1.82) is 0 Å². The molecule has 0 radical (unpaired) electrons. The lowest BCUT2D eigenvalue weighted by Crippen LogP contribution is -2.45. The van der Waals surface area contributed by atoms with Crippen LogP contribution in [0.2, 0.25) is 0 Å². The van der Waals surface area contributed by atoms with E-state index in [1.807, 2.05) is 24.3 Å². The van der Waals surface area contributed by atoms with Crippen molar-refractivity contribution >= 4 is 33.7 Å². The molecule has 5 nitrogen and oxygen atoms in total. The van der Waals surface area contributed by atoms with E-state index in [9.17, 15) is 4.79 Å². The molecule has 1 aliphatic rings. The van der Waals surface area contributed by atoms with Gasteiger partial charge in [0.2, 0.25) is 0 Å². The van der Waals surface area contributed by atoms with E-state index < -0.39 is 0 Å². The van der Waals surface area contributed by atoms with Crippen LogP contribution in [0.3, 0.4) is 0 Å². The maximum absolute atomic E-state index is 11.9. The van der Waals surface area contributed by atoms with Crippen LogP contribution in [0.25, 0.3) is 0 Å². The highest BCUT2D eigenvalue weighted by Gasteiger charge is 2.33. The van der Waals surface area contributed by atoms with Crippen molar-refractivity contribution in [2.75, 3.05) is 18.6 Å². The highest BCUT2D eigenvalue weighted by molar-refractivity contribution is 9.10. The maximum atomic E-state index is 11.9. The van der Waals surface area contributed by atoms with Crippen LogP contribution in [0, 0.1) is 0 Å². The third kappa shape index (κ3) is 4.73. The van der Waals surface area contributed by atoms with E-state index in [1.165, 1.54) is 11.3 Å². The number of amides is 1. The number of fused-ring (bicyclic) bond motifs is 1. The lowest BCUT2D eigenvalue weighted by atomic mass is 9.80. The standard InChI is InChI=1S/C22H26BrN3O2/c1-15-12-22(2,3)26(4)20-9-8-16(10-19(15)20)13-24-25-21(27)14-28-18-7-5-6-17(23)11-18/h5-11,13,15H,12,14H2,1-4H3,(H,25,27)/b24-13+. The molecule has 1 N–H and O–H groups in total. The predicted molar refractivity (Wildman–Crippen MR) is 117 cm³/mol. The molecular formula is C22H26BrN3O2. The van der Waals surface area contributed by atoms with E-state index in [-0.39, 0.29) is 18.1 Å². The number of hydrogen-bond donors (Lipinski definition) is 1. The molecular weight excluding hydrogens is 418 g/mol. The number of halogens is 1. The summed E-state index contributed by atoms with van der Waals surface area (Å²) in [5.41, 5.74) is 6.19. The summed E-state index contributed by atoms with van der Waals surface area (Å²) in [5, 5.41) is 4.07. The van der Waals surface area contributed by atoms with Crippen LogP contribution in [0.1, 0.15) is 44.2 Å². The zero-order valence-corrected chi connectivity index (χ0v) is 18.3. The van der Waals surface area contributed by atoms with Crippen molar-refractivity contribution in [2.24, 2.45) is 5.10 Å². The first-order valence-corrected chi connectivity index (χ1v) is 10.1. The van der Waals surface area contributed by atoms with Crippen molar-refractivity contribution in [3.63, 3.8) is 0 Å².